The zero-order chi connectivity index (χ0) is 32.8. The molecule has 0 spiro atoms. The van der Waals surface area contributed by atoms with Crippen molar-refractivity contribution in [1.82, 2.24) is 0 Å². The molecule has 0 unspecified atom stereocenters. The van der Waals surface area contributed by atoms with Crippen LogP contribution in [0.15, 0.2) is 173 Å². The highest BCUT2D eigenvalue weighted by Crippen LogP contribution is 2.48. The molecule has 3 aromatic heterocycles. The van der Waals surface area contributed by atoms with Crippen LogP contribution in [0.2, 0.25) is 0 Å². The highest BCUT2D eigenvalue weighted by atomic mass is 32.1. The number of anilines is 3. The van der Waals surface area contributed by atoms with Crippen LogP contribution < -0.4 is 4.90 Å². The predicted molar refractivity (Wildman–Crippen MR) is 212 cm³/mol. The molecule has 0 bridgehead atoms. The van der Waals surface area contributed by atoms with Gasteiger partial charge >= 0.3 is 0 Å². The molecular formula is C46H27NO2S. The predicted octanol–water partition coefficient (Wildman–Crippen LogP) is 14.1. The fourth-order valence-corrected chi connectivity index (χ4v) is 8.88. The molecule has 0 aliphatic carbocycles. The molecular weight excluding hydrogens is 631 g/mol. The van der Waals surface area contributed by atoms with Gasteiger partial charge in [-0.25, -0.2) is 0 Å². The van der Waals surface area contributed by atoms with Gasteiger partial charge in [-0.05, 0) is 83.1 Å². The van der Waals surface area contributed by atoms with Crippen LogP contribution in [-0.2, 0) is 0 Å². The lowest BCUT2D eigenvalue weighted by Crippen LogP contribution is -2.10. The molecule has 0 atom stereocenters. The van der Waals surface area contributed by atoms with Crippen molar-refractivity contribution in [2.45, 2.75) is 0 Å². The number of thiophene rings is 1. The van der Waals surface area contributed by atoms with E-state index in [2.05, 4.69) is 157 Å². The van der Waals surface area contributed by atoms with Crippen LogP contribution in [0.5, 0.6) is 0 Å². The van der Waals surface area contributed by atoms with Crippen molar-refractivity contribution in [3.05, 3.63) is 164 Å². The third-order valence-electron chi connectivity index (χ3n) is 10.0. The average molecular weight is 658 g/mol. The van der Waals surface area contributed by atoms with Crippen molar-refractivity contribution < 1.29 is 8.83 Å². The number of furan rings is 2. The summed E-state index contributed by atoms with van der Waals surface area (Å²) in [5.41, 5.74) is 9.16. The summed E-state index contributed by atoms with van der Waals surface area (Å²) in [6.07, 6.45) is 0. The summed E-state index contributed by atoms with van der Waals surface area (Å²) < 4.78 is 15.6. The Labute approximate surface area is 290 Å². The van der Waals surface area contributed by atoms with E-state index in [4.69, 9.17) is 8.83 Å². The van der Waals surface area contributed by atoms with Crippen molar-refractivity contribution in [1.29, 1.82) is 0 Å². The van der Waals surface area contributed by atoms with E-state index in [1.807, 2.05) is 23.5 Å². The van der Waals surface area contributed by atoms with Gasteiger partial charge in [0.05, 0.1) is 5.69 Å². The fourth-order valence-electron chi connectivity index (χ4n) is 7.76. The molecule has 0 saturated carbocycles. The van der Waals surface area contributed by atoms with E-state index in [9.17, 15) is 0 Å². The SMILES string of the molecule is c1ccc(N(c2ccc(-c3cccc4c3oc3ccccc34)cc2)c2cccc3sc4ccc5c6cc7ccccc7cc6oc5c4c23)cc1. The highest BCUT2D eigenvalue weighted by Gasteiger charge is 2.22. The first-order valence-corrected chi connectivity index (χ1v) is 17.7. The monoisotopic (exact) mass is 657 g/mol. The summed E-state index contributed by atoms with van der Waals surface area (Å²) in [4.78, 5) is 2.37. The Balaban J connectivity index is 1.13. The van der Waals surface area contributed by atoms with Crippen molar-refractivity contribution in [3.8, 4) is 11.1 Å². The van der Waals surface area contributed by atoms with Crippen LogP contribution in [0.25, 0.3) is 85.9 Å². The quantitative estimate of drug-likeness (QED) is 0.189. The van der Waals surface area contributed by atoms with E-state index in [-0.39, 0.29) is 0 Å². The molecule has 0 fully saturated rings. The molecule has 0 amide bonds. The van der Waals surface area contributed by atoms with Gasteiger partial charge in [0.2, 0.25) is 0 Å². The second-order valence-corrected chi connectivity index (χ2v) is 13.9. The van der Waals surface area contributed by atoms with Crippen molar-refractivity contribution in [3.63, 3.8) is 0 Å². The molecule has 3 nitrogen and oxygen atoms in total. The van der Waals surface area contributed by atoms with Gasteiger partial charge in [-0.1, -0.05) is 97.1 Å². The van der Waals surface area contributed by atoms with Gasteiger partial charge in [0.25, 0.3) is 0 Å². The fraction of sp³-hybridized carbons (Fsp3) is 0. The average Bonchev–Trinajstić information content (AvgIpc) is 3.86. The van der Waals surface area contributed by atoms with Crippen LogP contribution in [0, 0.1) is 0 Å². The molecule has 50 heavy (non-hydrogen) atoms. The maximum absolute atomic E-state index is 6.79. The maximum Gasteiger partial charge on any atom is 0.144 e. The molecule has 0 radical (unpaired) electrons. The summed E-state index contributed by atoms with van der Waals surface area (Å²) in [5, 5.41) is 9.31. The second-order valence-electron chi connectivity index (χ2n) is 12.9. The normalized spacial score (nSPS) is 12.0. The molecule has 0 aliphatic heterocycles. The third kappa shape index (κ3) is 4.03. The lowest BCUT2D eigenvalue weighted by Gasteiger charge is -2.26. The minimum Gasteiger partial charge on any atom is -0.455 e. The second kappa shape index (κ2) is 10.6. The largest absolute Gasteiger partial charge is 0.455 e. The van der Waals surface area contributed by atoms with Gasteiger partial charge in [0.1, 0.15) is 22.3 Å². The highest BCUT2D eigenvalue weighted by molar-refractivity contribution is 7.26. The first-order chi connectivity index (χ1) is 24.8. The lowest BCUT2D eigenvalue weighted by molar-refractivity contribution is 0.670. The Kier molecular flexibility index (Phi) is 5.83. The number of nitrogens with zero attached hydrogens (tertiary/aromatic N) is 1. The van der Waals surface area contributed by atoms with Crippen LogP contribution in [0.3, 0.4) is 0 Å². The minimum atomic E-state index is 0.907. The summed E-state index contributed by atoms with van der Waals surface area (Å²) in [6.45, 7) is 0. The van der Waals surface area contributed by atoms with E-state index >= 15 is 0 Å². The molecule has 4 heteroatoms. The van der Waals surface area contributed by atoms with Crippen molar-refractivity contribution in [2.75, 3.05) is 4.90 Å². The van der Waals surface area contributed by atoms with E-state index in [1.165, 1.54) is 25.6 Å². The molecule has 11 aromatic rings. The Hall–Kier alpha value is -6.36. The first kappa shape index (κ1) is 27.6. The number of hydrogen-bond acceptors (Lipinski definition) is 4. The van der Waals surface area contributed by atoms with E-state index < -0.39 is 0 Å². The van der Waals surface area contributed by atoms with Crippen LogP contribution >= 0.6 is 11.3 Å². The molecule has 0 saturated heterocycles. The first-order valence-electron chi connectivity index (χ1n) is 16.8. The zero-order valence-corrected chi connectivity index (χ0v) is 27.6. The Morgan fingerprint density at radius 2 is 1.10 bits per heavy atom. The van der Waals surface area contributed by atoms with Gasteiger partial charge in [-0.2, -0.15) is 0 Å². The summed E-state index contributed by atoms with van der Waals surface area (Å²) >= 11 is 1.82. The number of para-hydroxylation sites is 3. The van der Waals surface area contributed by atoms with Crippen molar-refractivity contribution >= 4 is 103 Å². The smallest absolute Gasteiger partial charge is 0.144 e. The van der Waals surface area contributed by atoms with Gasteiger partial charge in [-0.15, -0.1) is 11.3 Å². The molecule has 0 N–H and O–H groups in total. The zero-order valence-electron chi connectivity index (χ0n) is 26.8. The van der Waals surface area contributed by atoms with Crippen molar-refractivity contribution in [2.24, 2.45) is 0 Å². The van der Waals surface area contributed by atoms with Crippen LogP contribution in [-0.4, -0.2) is 0 Å². The molecule has 0 aliphatic rings. The molecule has 8 aromatic carbocycles. The van der Waals surface area contributed by atoms with E-state index in [1.54, 1.807) is 0 Å². The number of hydrogen-bond donors (Lipinski definition) is 0. The third-order valence-corrected chi connectivity index (χ3v) is 11.2. The summed E-state index contributed by atoms with van der Waals surface area (Å²) in [7, 11) is 0. The number of benzene rings is 8. The maximum atomic E-state index is 6.79. The summed E-state index contributed by atoms with van der Waals surface area (Å²) in [6, 6.07) is 58.2. The topological polar surface area (TPSA) is 29.5 Å². The molecule has 3 heterocycles. The number of fused-ring (bicyclic) bond motifs is 11. The standard InChI is InChI=1S/C46H27NO2S/c1-2-12-31(13-3-1)47(32-22-20-28(21-23-32)33-15-8-16-35-34-14-6-7-18-39(34)48-45(33)35)38-17-9-19-41-43(38)44-42(50-41)25-24-36-37-26-29-10-4-5-11-30(29)27-40(37)49-46(36)44/h1-27H. The van der Waals surface area contributed by atoms with Crippen LogP contribution in [0.4, 0.5) is 17.1 Å². The van der Waals surface area contributed by atoms with Gasteiger partial charge in [-0.3, -0.25) is 0 Å². The minimum absolute atomic E-state index is 0.907. The number of rotatable bonds is 4. The van der Waals surface area contributed by atoms with Gasteiger partial charge in [0.15, 0.2) is 0 Å². The van der Waals surface area contributed by atoms with E-state index in [0.717, 1.165) is 77.5 Å². The molecule has 234 valence electrons. The lowest BCUT2D eigenvalue weighted by atomic mass is 10.0. The van der Waals surface area contributed by atoms with Crippen LogP contribution in [0.1, 0.15) is 0 Å². The summed E-state index contributed by atoms with van der Waals surface area (Å²) in [5.74, 6) is 0. The Morgan fingerprint density at radius 1 is 0.420 bits per heavy atom. The van der Waals surface area contributed by atoms with Gasteiger partial charge in [0, 0.05) is 58.7 Å². The molecule has 11 rings (SSSR count). The Morgan fingerprint density at radius 3 is 1.98 bits per heavy atom. The van der Waals surface area contributed by atoms with E-state index in [0.29, 0.717) is 0 Å². The Bertz CT molecular complexity index is 3090. The van der Waals surface area contributed by atoms with Gasteiger partial charge < -0.3 is 13.7 Å².